The molecule has 0 aromatic heterocycles. The summed E-state index contributed by atoms with van der Waals surface area (Å²) in [4.78, 5) is 0. The average Bonchev–Trinajstić information content (AvgIpc) is 3.21. The van der Waals surface area contributed by atoms with Crippen LogP contribution in [0.15, 0.2) is 0 Å². The largest absolute Gasteiger partial charge is 0.0891 e. The monoisotopic (exact) mass is 253 g/mol. The first kappa shape index (κ1) is 22.5. The number of rotatable bonds is 6. The van der Waals surface area contributed by atoms with Crippen molar-refractivity contribution in [3.63, 3.8) is 0 Å². The third-order valence-electron chi connectivity index (χ3n) is 1.96. The predicted octanol–water partition coefficient (Wildman–Crippen LogP) is 6.83. The quantitative estimate of drug-likeness (QED) is 0.455. The summed E-state index contributed by atoms with van der Waals surface area (Å²) in [5.74, 6) is 0. The van der Waals surface area contributed by atoms with Crippen molar-refractivity contribution in [2.45, 2.75) is 84.0 Å². The highest BCUT2D eigenvalue weighted by Crippen LogP contribution is 2.14. The zero-order chi connectivity index (χ0) is 14.5. The van der Waals surface area contributed by atoms with Crippen molar-refractivity contribution in [2.24, 2.45) is 0 Å². The summed E-state index contributed by atoms with van der Waals surface area (Å²) in [6.45, 7) is 20.4. The van der Waals surface area contributed by atoms with Crippen molar-refractivity contribution < 1.29 is 0 Å². The van der Waals surface area contributed by atoms with E-state index in [-0.39, 0.29) is 0 Å². The number of hydrogen-bond donors (Lipinski definition) is 0. The standard InChI is InChI=1S/C5H11.2C5H10.C3H6/c3*1-3-5-4-2;1-2-3-1/h1,3-5H2,2H3;2*1-5H2;1-3H2/q+1;2*+2;. The predicted molar refractivity (Wildman–Crippen MR) is 87.9 cm³/mol. The van der Waals surface area contributed by atoms with Gasteiger partial charge in [0.1, 0.15) is 0 Å². The van der Waals surface area contributed by atoms with E-state index < -0.39 is 0 Å². The van der Waals surface area contributed by atoms with Crippen LogP contribution in [0.1, 0.15) is 84.0 Å². The molecule has 1 fully saturated rings. The van der Waals surface area contributed by atoms with Gasteiger partial charge in [-0.1, -0.05) is 32.6 Å². The van der Waals surface area contributed by atoms with E-state index in [9.17, 15) is 0 Å². The Balaban J connectivity index is -0.000000168. The molecular formula is C18H37+5. The van der Waals surface area contributed by atoms with Crippen LogP contribution in [0.3, 0.4) is 0 Å². The topological polar surface area (TPSA) is 0 Å². The molecule has 1 rings (SSSR count). The van der Waals surface area contributed by atoms with E-state index in [1.54, 1.807) is 0 Å². The third-order valence-corrected chi connectivity index (χ3v) is 1.96. The van der Waals surface area contributed by atoms with Gasteiger partial charge in [-0.25, -0.2) is 0 Å². The lowest BCUT2D eigenvalue weighted by Crippen LogP contribution is -1.60. The third kappa shape index (κ3) is 78.4. The van der Waals surface area contributed by atoms with Crippen LogP contribution in [-0.2, 0) is 0 Å². The van der Waals surface area contributed by atoms with Gasteiger partial charge < -0.3 is 0 Å². The fourth-order valence-electron chi connectivity index (χ4n) is 0.604. The lowest BCUT2D eigenvalue weighted by molar-refractivity contribution is 0.813. The minimum Gasteiger partial charge on any atom is -0.0652 e. The highest BCUT2D eigenvalue weighted by molar-refractivity contribution is 4.50. The maximum atomic E-state index is 3.68. The maximum absolute atomic E-state index is 3.68. The summed E-state index contributed by atoms with van der Waals surface area (Å²) in [6, 6.07) is 0. The van der Waals surface area contributed by atoms with Gasteiger partial charge in [0.05, 0.1) is 66.7 Å². The van der Waals surface area contributed by atoms with Gasteiger partial charge in [0.15, 0.2) is 0 Å². The Morgan fingerprint density at radius 3 is 0.833 bits per heavy atom. The van der Waals surface area contributed by atoms with Crippen LogP contribution in [0.2, 0.25) is 0 Å². The van der Waals surface area contributed by atoms with Crippen LogP contribution in [0, 0.1) is 34.6 Å². The second kappa shape index (κ2) is 29.9. The summed E-state index contributed by atoms with van der Waals surface area (Å²) in [5.41, 5.74) is 0. The van der Waals surface area contributed by atoms with Gasteiger partial charge in [-0.05, 0) is 6.42 Å². The Kier molecular flexibility index (Phi) is 37.4. The SMILES string of the molecule is C1CC1.[CH2+]CCCC.[CH2+]CCC[CH2+].[CH2+]CCC[CH2+]. The van der Waals surface area contributed by atoms with E-state index in [4.69, 9.17) is 0 Å². The highest BCUT2D eigenvalue weighted by Gasteiger charge is 1.95. The van der Waals surface area contributed by atoms with E-state index in [1.807, 2.05) is 0 Å². The summed E-state index contributed by atoms with van der Waals surface area (Å²) < 4.78 is 0. The molecule has 104 valence electrons. The molecule has 0 heterocycles. The summed E-state index contributed by atoms with van der Waals surface area (Å²) in [7, 11) is 0. The first-order chi connectivity index (χ1) is 8.74. The summed E-state index contributed by atoms with van der Waals surface area (Å²) in [5, 5.41) is 0. The van der Waals surface area contributed by atoms with E-state index in [2.05, 4.69) is 41.5 Å². The van der Waals surface area contributed by atoms with Gasteiger partial charge in [0, 0.05) is 12.8 Å². The van der Waals surface area contributed by atoms with Crippen molar-refractivity contribution >= 4 is 0 Å². The van der Waals surface area contributed by atoms with Crippen molar-refractivity contribution in [2.75, 3.05) is 0 Å². The molecule has 0 unspecified atom stereocenters. The van der Waals surface area contributed by atoms with Crippen molar-refractivity contribution in [1.82, 2.24) is 0 Å². The fraction of sp³-hybridized carbons (Fsp3) is 0.722. The van der Waals surface area contributed by atoms with Gasteiger partial charge in [-0.3, -0.25) is 0 Å². The molecule has 1 aliphatic rings. The summed E-state index contributed by atoms with van der Waals surface area (Å²) >= 11 is 0. The average molecular weight is 253 g/mol. The van der Waals surface area contributed by atoms with Crippen molar-refractivity contribution in [1.29, 1.82) is 0 Å². The zero-order valence-corrected chi connectivity index (χ0v) is 13.0. The molecule has 1 aliphatic carbocycles. The molecule has 1 saturated carbocycles. The van der Waals surface area contributed by atoms with Crippen molar-refractivity contribution in [3.05, 3.63) is 34.6 Å². The van der Waals surface area contributed by atoms with Gasteiger partial charge in [-0.15, -0.1) is 0 Å². The minimum absolute atomic E-state index is 1.03. The molecule has 0 amide bonds. The van der Waals surface area contributed by atoms with E-state index >= 15 is 0 Å². The first-order valence-corrected chi connectivity index (χ1v) is 7.71. The van der Waals surface area contributed by atoms with E-state index in [0.29, 0.717) is 0 Å². The molecule has 0 saturated heterocycles. The molecule has 18 heavy (non-hydrogen) atoms. The second-order valence-corrected chi connectivity index (χ2v) is 4.39. The van der Waals surface area contributed by atoms with Gasteiger partial charge in [-0.2, -0.15) is 0 Å². The van der Waals surface area contributed by atoms with E-state index in [0.717, 1.165) is 32.1 Å². The lowest BCUT2D eigenvalue weighted by atomic mass is 10.3. The van der Waals surface area contributed by atoms with E-state index in [1.165, 1.54) is 44.9 Å². The molecular weight excluding hydrogens is 216 g/mol. The Morgan fingerprint density at radius 2 is 0.833 bits per heavy atom. The molecule has 0 bridgehead atoms. The van der Waals surface area contributed by atoms with Crippen LogP contribution >= 0.6 is 0 Å². The first-order valence-electron chi connectivity index (χ1n) is 7.71. The van der Waals surface area contributed by atoms with Gasteiger partial charge >= 0.3 is 0 Å². The lowest BCUT2D eigenvalue weighted by Gasteiger charge is -1.73. The van der Waals surface area contributed by atoms with Crippen LogP contribution < -0.4 is 0 Å². The van der Waals surface area contributed by atoms with Crippen LogP contribution in [-0.4, -0.2) is 0 Å². The Labute approximate surface area is 119 Å². The molecule has 0 nitrogen and oxygen atoms in total. The van der Waals surface area contributed by atoms with Crippen LogP contribution in [0.5, 0.6) is 0 Å². The minimum atomic E-state index is 1.03. The molecule has 0 heteroatoms. The Hall–Kier alpha value is -0.650. The fourth-order valence-corrected chi connectivity index (χ4v) is 0.604. The van der Waals surface area contributed by atoms with Gasteiger partial charge in [0.2, 0.25) is 0 Å². The Bertz CT molecular complexity index is 61.0. The zero-order valence-electron chi connectivity index (χ0n) is 13.0. The maximum Gasteiger partial charge on any atom is 0.0891 e. The molecule has 0 radical (unpaired) electrons. The second-order valence-electron chi connectivity index (χ2n) is 4.39. The van der Waals surface area contributed by atoms with Crippen molar-refractivity contribution in [3.8, 4) is 0 Å². The van der Waals surface area contributed by atoms with Gasteiger partial charge in [0.25, 0.3) is 0 Å². The highest BCUT2D eigenvalue weighted by atomic mass is 14.0. The molecule has 0 aliphatic heterocycles. The summed E-state index contributed by atoms with van der Waals surface area (Å²) in [6.07, 6.45) is 14.6. The number of unbranched alkanes of at least 4 members (excludes halogenated alkanes) is 6. The molecule has 0 aromatic rings. The van der Waals surface area contributed by atoms with Crippen LogP contribution in [0.4, 0.5) is 0 Å². The normalized spacial score (nSPS) is 10.7. The molecule has 0 spiro atoms. The molecule has 0 atom stereocenters. The Morgan fingerprint density at radius 1 is 0.556 bits per heavy atom. The van der Waals surface area contributed by atoms with Crippen LogP contribution in [0.25, 0.3) is 0 Å². The molecule has 0 aromatic carbocycles. The smallest absolute Gasteiger partial charge is 0.0652 e. The molecule has 0 N–H and O–H groups in total. The number of hydrogen-bond acceptors (Lipinski definition) is 0.